The summed E-state index contributed by atoms with van der Waals surface area (Å²) < 4.78 is 0. The molecule has 1 aliphatic heterocycles. The maximum atomic E-state index is 12.1. The summed E-state index contributed by atoms with van der Waals surface area (Å²) in [6, 6.07) is 8.34. The Morgan fingerprint density at radius 3 is 2.82 bits per heavy atom. The van der Waals surface area contributed by atoms with Crippen LogP contribution in [0.1, 0.15) is 29.9 Å². The van der Waals surface area contributed by atoms with Crippen LogP contribution in [0, 0.1) is 0 Å². The van der Waals surface area contributed by atoms with Crippen LogP contribution in [0.4, 0.5) is 0 Å². The molecular formula is C17H23N3O2. The highest BCUT2D eigenvalue weighted by atomic mass is 16.2. The van der Waals surface area contributed by atoms with E-state index in [0.29, 0.717) is 12.3 Å². The minimum atomic E-state index is -0.0230. The van der Waals surface area contributed by atoms with Gasteiger partial charge in [0.2, 0.25) is 11.8 Å². The molecule has 1 aromatic rings. The Kier molecular flexibility index (Phi) is 4.73. The van der Waals surface area contributed by atoms with Gasteiger partial charge in [-0.25, -0.2) is 0 Å². The van der Waals surface area contributed by atoms with Gasteiger partial charge in [-0.05, 0) is 29.9 Å². The predicted octanol–water partition coefficient (Wildman–Crippen LogP) is 0.654. The van der Waals surface area contributed by atoms with Gasteiger partial charge in [0.15, 0.2) is 0 Å². The highest BCUT2D eigenvalue weighted by Crippen LogP contribution is 2.34. The minimum absolute atomic E-state index is 0.0154. The van der Waals surface area contributed by atoms with Gasteiger partial charge in [0.1, 0.15) is 0 Å². The quantitative estimate of drug-likeness (QED) is 0.858. The highest BCUT2D eigenvalue weighted by molar-refractivity contribution is 5.85. The van der Waals surface area contributed by atoms with E-state index in [1.165, 1.54) is 11.1 Å². The first kappa shape index (κ1) is 15.0. The third kappa shape index (κ3) is 3.47. The topological polar surface area (TPSA) is 61.4 Å². The van der Waals surface area contributed by atoms with Gasteiger partial charge in [-0.1, -0.05) is 24.3 Å². The van der Waals surface area contributed by atoms with Crippen molar-refractivity contribution in [3.63, 3.8) is 0 Å². The lowest BCUT2D eigenvalue weighted by molar-refractivity contribution is -0.133. The summed E-state index contributed by atoms with van der Waals surface area (Å²) in [6.07, 6.45) is 2.55. The zero-order valence-corrected chi connectivity index (χ0v) is 12.8. The molecule has 118 valence electrons. The smallest absolute Gasteiger partial charge is 0.242 e. The molecule has 1 fully saturated rings. The molecule has 2 N–H and O–H groups in total. The maximum absolute atomic E-state index is 12.1. The first-order valence-electron chi connectivity index (χ1n) is 8.07. The molecule has 1 aliphatic carbocycles. The van der Waals surface area contributed by atoms with Crippen molar-refractivity contribution in [1.29, 1.82) is 0 Å². The van der Waals surface area contributed by atoms with E-state index in [9.17, 15) is 9.59 Å². The van der Waals surface area contributed by atoms with Crippen LogP contribution in [0.25, 0.3) is 0 Å². The first-order chi connectivity index (χ1) is 10.7. The number of nitrogens with zero attached hydrogens (tertiary/aromatic N) is 1. The monoisotopic (exact) mass is 301 g/mol. The molecule has 1 aromatic carbocycles. The van der Waals surface area contributed by atoms with Crippen LogP contribution < -0.4 is 10.6 Å². The van der Waals surface area contributed by atoms with E-state index in [-0.39, 0.29) is 18.4 Å². The predicted molar refractivity (Wildman–Crippen MR) is 84.6 cm³/mol. The molecule has 0 bridgehead atoms. The van der Waals surface area contributed by atoms with E-state index in [4.69, 9.17) is 0 Å². The molecule has 0 radical (unpaired) electrons. The van der Waals surface area contributed by atoms with Crippen LogP contribution in [-0.4, -0.2) is 49.4 Å². The normalized spacial score (nSPS) is 20.5. The number of nitrogens with one attached hydrogen (secondary N) is 2. The van der Waals surface area contributed by atoms with Crippen LogP contribution in [0.5, 0.6) is 0 Å². The van der Waals surface area contributed by atoms with Gasteiger partial charge in [0.25, 0.3) is 0 Å². The molecular weight excluding hydrogens is 278 g/mol. The molecule has 1 heterocycles. The molecule has 2 aliphatic rings. The average Bonchev–Trinajstić information content (AvgIpc) is 2.97. The lowest BCUT2D eigenvalue weighted by Gasteiger charge is -2.27. The molecule has 0 aromatic heterocycles. The number of piperazine rings is 1. The number of amides is 2. The van der Waals surface area contributed by atoms with Crippen molar-refractivity contribution in [2.75, 3.05) is 32.7 Å². The van der Waals surface area contributed by atoms with Gasteiger partial charge in [0, 0.05) is 32.6 Å². The Labute approximate surface area is 131 Å². The highest BCUT2D eigenvalue weighted by Gasteiger charge is 2.24. The second kappa shape index (κ2) is 6.92. The largest absolute Gasteiger partial charge is 0.347 e. The fourth-order valence-corrected chi connectivity index (χ4v) is 3.35. The van der Waals surface area contributed by atoms with Crippen molar-refractivity contribution in [2.45, 2.75) is 25.2 Å². The van der Waals surface area contributed by atoms with Gasteiger partial charge >= 0.3 is 0 Å². The molecule has 1 atom stereocenters. The third-order valence-corrected chi connectivity index (χ3v) is 4.60. The molecule has 0 saturated carbocycles. The lowest BCUT2D eigenvalue weighted by Crippen LogP contribution is -2.49. The van der Waals surface area contributed by atoms with Crippen molar-refractivity contribution in [3.8, 4) is 0 Å². The fraction of sp³-hybridized carbons (Fsp3) is 0.529. The Morgan fingerprint density at radius 2 is 2.00 bits per heavy atom. The van der Waals surface area contributed by atoms with Crippen LogP contribution in [0.2, 0.25) is 0 Å². The number of benzene rings is 1. The van der Waals surface area contributed by atoms with E-state index in [1.807, 2.05) is 17.0 Å². The van der Waals surface area contributed by atoms with Crippen LogP contribution >= 0.6 is 0 Å². The van der Waals surface area contributed by atoms with E-state index < -0.39 is 0 Å². The Morgan fingerprint density at radius 1 is 1.23 bits per heavy atom. The van der Waals surface area contributed by atoms with Crippen molar-refractivity contribution in [3.05, 3.63) is 35.4 Å². The van der Waals surface area contributed by atoms with E-state index in [1.54, 1.807) is 0 Å². The number of fused-ring (bicyclic) bond motifs is 1. The van der Waals surface area contributed by atoms with Crippen LogP contribution in [0.15, 0.2) is 24.3 Å². The van der Waals surface area contributed by atoms with Gasteiger partial charge in [-0.15, -0.1) is 0 Å². The number of hydrogen-bond acceptors (Lipinski definition) is 3. The summed E-state index contributed by atoms with van der Waals surface area (Å²) in [5.74, 6) is 0.289. The van der Waals surface area contributed by atoms with Crippen molar-refractivity contribution in [1.82, 2.24) is 15.5 Å². The molecule has 2 amide bonds. The van der Waals surface area contributed by atoms with E-state index in [0.717, 1.165) is 39.0 Å². The molecule has 5 nitrogen and oxygen atoms in total. The number of carbonyl (C=O) groups is 2. The van der Waals surface area contributed by atoms with Crippen molar-refractivity contribution < 1.29 is 9.59 Å². The Bertz CT molecular complexity index is 553. The summed E-state index contributed by atoms with van der Waals surface area (Å²) >= 11 is 0. The second-order valence-electron chi connectivity index (χ2n) is 6.05. The molecule has 0 unspecified atom stereocenters. The maximum Gasteiger partial charge on any atom is 0.242 e. The summed E-state index contributed by atoms with van der Waals surface area (Å²) in [7, 11) is 0. The fourth-order valence-electron chi connectivity index (χ4n) is 3.35. The summed E-state index contributed by atoms with van der Waals surface area (Å²) in [4.78, 5) is 25.9. The Balaban J connectivity index is 1.46. The molecule has 22 heavy (non-hydrogen) atoms. The average molecular weight is 301 g/mol. The zero-order valence-electron chi connectivity index (χ0n) is 12.8. The number of aryl methyl sites for hydroxylation is 1. The zero-order chi connectivity index (χ0) is 15.4. The summed E-state index contributed by atoms with van der Waals surface area (Å²) in [6.45, 7) is 3.24. The van der Waals surface area contributed by atoms with Crippen LogP contribution in [0.3, 0.4) is 0 Å². The number of rotatable bonds is 4. The van der Waals surface area contributed by atoms with E-state index in [2.05, 4.69) is 22.8 Å². The Hall–Kier alpha value is -1.88. The second-order valence-corrected chi connectivity index (χ2v) is 6.05. The molecule has 0 spiro atoms. The summed E-state index contributed by atoms with van der Waals surface area (Å²) in [5.41, 5.74) is 2.66. The molecule has 5 heteroatoms. The standard InChI is InChI=1S/C17H23N3O2/c21-16(19-12-17(22)20-9-7-18-8-10-20)11-14-6-5-13-3-1-2-4-15(13)14/h1-4,14,18H,5-12H2,(H,19,21)/t14-/m0/s1. The van der Waals surface area contributed by atoms with E-state index >= 15 is 0 Å². The molecule has 3 rings (SSSR count). The van der Waals surface area contributed by atoms with Gasteiger partial charge in [0.05, 0.1) is 6.54 Å². The first-order valence-corrected chi connectivity index (χ1v) is 8.07. The third-order valence-electron chi connectivity index (χ3n) is 4.60. The van der Waals surface area contributed by atoms with Crippen molar-refractivity contribution >= 4 is 11.8 Å². The number of carbonyl (C=O) groups excluding carboxylic acids is 2. The van der Waals surface area contributed by atoms with Gasteiger partial charge < -0.3 is 15.5 Å². The molecule has 1 saturated heterocycles. The lowest BCUT2D eigenvalue weighted by atomic mass is 9.97. The van der Waals surface area contributed by atoms with Gasteiger partial charge in [-0.2, -0.15) is 0 Å². The number of hydrogen-bond donors (Lipinski definition) is 2. The van der Waals surface area contributed by atoms with Gasteiger partial charge in [-0.3, -0.25) is 9.59 Å². The van der Waals surface area contributed by atoms with Crippen LogP contribution in [-0.2, 0) is 16.0 Å². The minimum Gasteiger partial charge on any atom is -0.347 e. The summed E-state index contributed by atoms with van der Waals surface area (Å²) in [5, 5.41) is 6.00. The van der Waals surface area contributed by atoms with Crippen molar-refractivity contribution in [2.24, 2.45) is 0 Å². The SMILES string of the molecule is O=C(C[C@@H]1CCc2ccccc21)NCC(=O)N1CCNCC1.